The van der Waals surface area contributed by atoms with Crippen LogP contribution >= 0.6 is 58.2 Å². The summed E-state index contributed by atoms with van der Waals surface area (Å²) in [4.78, 5) is 0.642. The van der Waals surface area contributed by atoms with Gasteiger partial charge >= 0.3 is 0 Å². The lowest BCUT2D eigenvalue weighted by Gasteiger charge is -2.14. The SMILES string of the molecule is CCCCC(C)CCSc1c(Cl)c(Cl)c(O)c(Cl)c1Cl. The van der Waals surface area contributed by atoms with Crippen LogP contribution in [0.25, 0.3) is 0 Å². The molecule has 1 rings (SSSR count). The lowest BCUT2D eigenvalue weighted by molar-refractivity contribution is 0.475. The molecule has 1 unspecified atom stereocenters. The third-order valence-electron chi connectivity index (χ3n) is 3.11. The predicted molar refractivity (Wildman–Crippen MR) is 92.2 cm³/mol. The summed E-state index contributed by atoms with van der Waals surface area (Å²) in [6, 6.07) is 0. The minimum atomic E-state index is -0.260. The van der Waals surface area contributed by atoms with Crippen LogP contribution in [0, 0.1) is 5.92 Å². The molecule has 0 aliphatic carbocycles. The molecule has 0 aliphatic rings. The number of hydrogen-bond acceptors (Lipinski definition) is 2. The minimum Gasteiger partial charge on any atom is -0.505 e. The van der Waals surface area contributed by atoms with Crippen LogP contribution in [0.1, 0.15) is 39.5 Å². The molecule has 114 valence electrons. The summed E-state index contributed by atoms with van der Waals surface area (Å²) >= 11 is 25.6. The van der Waals surface area contributed by atoms with Gasteiger partial charge in [-0.3, -0.25) is 0 Å². The maximum atomic E-state index is 9.66. The predicted octanol–water partition coefficient (Wildman–Crippen LogP) is 7.31. The third kappa shape index (κ3) is 4.78. The van der Waals surface area contributed by atoms with Crippen LogP contribution in [0.4, 0.5) is 0 Å². The van der Waals surface area contributed by atoms with Crippen molar-refractivity contribution in [2.75, 3.05) is 5.75 Å². The summed E-state index contributed by atoms with van der Waals surface area (Å²) in [5, 5.41) is 10.3. The molecule has 0 saturated heterocycles. The number of aromatic hydroxyl groups is 1. The first kappa shape index (κ1) is 18.6. The molecular formula is C14H18Cl4OS. The molecule has 0 saturated carbocycles. The maximum absolute atomic E-state index is 9.66. The first-order chi connectivity index (χ1) is 9.40. The Morgan fingerprint density at radius 3 is 2.05 bits per heavy atom. The summed E-state index contributed by atoms with van der Waals surface area (Å²) < 4.78 is 0. The summed E-state index contributed by atoms with van der Waals surface area (Å²) in [7, 11) is 0. The van der Waals surface area contributed by atoms with Gasteiger partial charge in [0.2, 0.25) is 0 Å². The lowest BCUT2D eigenvalue weighted by Crippen LogP contribution is -1.96. The molecule has 0 aliphatic heterocycles. The van der Waals surface area contributed by atoms with Gasteiger partial charge in [0.15, 0.2) is 5.75 Å². The smallest absolute Gasteiger partial charge is 0.155 e. The van der Waals surface area contributed by atoms with Crippen molar-refractivity contribution in [2.45, 2.75) is 44.4 Å². The number of halogens is 4. The van der Waals surface area contributed by atoms with E-state index in [1.165, 1.54) is 31.0 Å². The molecule has 0 heterocycles. The Hall–Kier alpha value is 0.530. The molecule has 0 amide bonds. The van der Waals surface area contributed by atoms with Crippen LogP contribution < -0.4 is 0 Å². The van der Waals surface area contributed by atoms with Gasteiger partial charge in [-0.2, -0.15) is 0 Å². The quantitative estimate of drug-likeness (QED) is 0.398. The van der Waals surface area contributed by atoms with Crippen molar-refractivity contribution in [3.63, 3.8) is 0 Å². The van der Waals surface area contributed by atoms with Crippen molar-refractivity contribution >= 4 is 58.2 Å². The number of rotatable bonds is 7. The number of benzene rings is 1. The number of phenols is 1. The van der Waals surface area contributed by atoms with Gasteiger partial charge in [0.1, 0.15) is 10.0 Å². The van der Waals surface area contributed by atoms with Crippen LogP contribution in [0.2, 0.25) is 20.1 Å². The molecule has 1 N–H and O–H groups in total. The fourth-order valence-corrected chi connectivity index (χ4v) is 4.25. The Balaban J connectivity index is 2.69. The number of hydrogen-bond donors (Lipinski definition) is 1. The molecule has 1 aromatic carbocycles. The third-order valence-corrected chi connectivity index (χ3v) is 6.15. The Morgan fingerprint density at radius 2 is 1.55 bits per heavy atom. The number of unbranched alkanes of at least 4 members (excludes halogenated alkanes) is 1. The standard InChI is InChI=1S/C14H18Cl4OS/c1-3-4-5-8(2)6-7-20-14-11(17)9(15)13(19)10(16)12(14)18/h8,19H,3-7H2,1-2H3. The summed E-state index contributed by atoms with van der Waals surface area (Å²) in [5.74, 6) is 1.30. The molecule has 6 heteroatoms. The van der Waals surface area contributed by atoms with Gasteiger partial charge in [0.25, 0.3) is 0 Å². The summed E-state index contributed by atoms with van der Waals surface area (Å²) in [5.41, 5.74) is 0. The van der Waals surface area contributed by atoms with Gasteiger partial charge in [-0.1, -0.05) is 79.5 Å². The van der Waals surface area contributed by atoms with Crippen molar-refractivity contribution in [1.82, 2.24) is 0 Å². The Bertz CT molecular complexity index is 436. The van der Waals surface area contributed by atoms with E-state index in [-0.39, 0.29) is 25.8 Å². The summed E-state index contributed by atoms with van der Waals surface area (Å²) in [6.07, 6.45) is 4.78. The van der Waals surface area contributed by atoms with Crippen LogP contribution in [0.3, 0.4) is 0 Å². The largest absolute Gasteiger partial charge is 0.505 e. The lowest BCUT2D eigenvalue weighted by atomic mass is 10.0. The zero-order valence-corrected chi connectivity index (χ0v) is 15.3. The molecule has 0 aromatic heterocycles. The van der Waals surface area contributed by atoms with Gasteiger partial charge in [0.05, 0.1) is 10.0 Å². The highest BCUT2D eigenvalue weighted by Gasteiger charge is 2.20. The highest BCUT2D eigenvalue weighted by molar-refractivity contribution is 7.99. The molecule has 1 atom stereocenters. The van der Waals surface area contributed by atoms with E-state index in [9.17, 15) is 5.11 Å². The molecule has 0 radical (unpaired) electrons. The molecule has 1 aromatic rings. The molecule has 1 nitrogen and oxygen atoms in total. The fourth-order valence-electron chi connectivity index (χ4n) is 1.79. The van der Waals surface area contributed by atoms with Crippen molar-refractivity contribution in [2.24, 2.45) is 5.92 Å². The highest BCUT2D eigenvalue weighted by Crippen LogP contribution is 2.49. The van der Waals surface area contributed by atoms with E-state index >= 15 is 0 Å². The Labute approximate surface area is 144 Å². The second-order valence-electron chi connectivity index (χ2n) is 4.82. The van der Waals surface area contributed by atoms with E-state index < -0.39 is 0 Å². The van der Waals surface area contributed by atoms with E-state index in [0.717, 1.165) is 12.2 Å². The topological polar surface area (TPSA) is 20.2 Å². The highest BCUT2D eigenvalue weighted by atomic mass is 35.5. The monoisotopic (exact) mass is 374 g/mol. The second kappa shape index (κ2) is 8.85. The molecule has 0 fully saturated rings. The number of phenolic OH excluding ortho intramolecular Hbond substituents is 1. The second-order valence-corrected chi connectivity index (χ2v) is 7.44. The summed E-state index contributed by atoms with van der Waals surface area (Å²) in [6.45, 7) is 4.44. The van der Waals surface area contributed by atoms with Crippen molar-refractivity contribution in [3.05, 3.63) is 20.1 Å². The van der Waals surface area contributed by atoms with E-state index in [2.05, 4.69) is 13.8 Å². The molecular weight excluding hydrogens is 358 g/mol. The van der Waals surface area contributed by atoms with Gasteiger partial charge in [-0.05, 0) is 18.1 Å². The zero-order valence-electron chi connectivity index (χ0n) is 11.5. The van der Waals surface area contributed by atoms with Crippen LogP contribution in [0.5, 0.6) is 5.75 Å². The molecule has 20 heavy (non-hydrogen) atoms. The minimum absolute atomic E-state index is 0.0580. The van der Waals surface area contributed by atoms with Gasteiger partial charge in [-0.15, -0.1) is 11.8 Å². The maximum Gasteiger partial charge on any atom is 0.155 e. The van der Waals surface area contributed by atoms with Crippen LogP contribution in [-0.4, -0.2) is 10.9 Å². The van der Waals surface area contributed by atoms with Crippen molar-refractivity contribution < 1.29 is 5.11 Å². The van der Waals surface area contributed by atoms with Gasteiger partial charge in [0, 0.05) is 4.90 Å². The van der Waals surface area contributed by atoms with Crippen LogP contribution in [-0.2, 0) is 0 Å². The first-order valence-electron chi connectivity index (χ1n) is 6.57. The van der Waals surface area contributed by atoms with Gasteiger partial charge < -0.3 is 5.11 Å². The Morgan fingerprint density at radius 1 is 1.00 bits per heavy atom. The van der Waals surface area contributed by atoms with E-state index in [4.69, 9.17) is 46.4 Å². The van der Waals surface area contributed by atoms with Crippen molar-refractivity contribution in [1.29, 1.82) is 0 Å². The van der Waals surface area contributed by atoms with E-state index in [0.29, 0.717) is 10.8 Å². The first-order valence-corrected chi connectivity index (χ1v) is 9.07. The number of thioether (sulfide) groups is 1. The zero-order chi connectivity index (χ0) is 15.3. The van der Waals surface area contributed by atoms with E-state index in [1.54, 1.807) is 0 Å². The molecule has 0 bridgehead atoms. The van der Waals surface area contributed by atoms with Gasteiger partial charge in [-0.25, -0.2) is 0 Å². The average Bonchev–Trinajstić information content (AvgIpc) is 2.44. The van der Waals surface area contributed by atoms with Crippen LogP contribution in [0.15, 0.2) is 4.90 Å². The average molecular weight is 376 g/mol. The Kier molecular flexibility index (Phi) is 8.22. The fraction of sp³-hybridized carbons (Fsp3) is 0.571. The van der Waals surface area contributed by atoms with E-state index in [1.807, 2.05) is 0 Å². The van der Waals surface area contributed by atoms with Crippen molar-refractivity contribution in [3.8, 4) is 5.75 Å². The normalized spacial score (nSPS) is 12.7. The molecule has 0 spiro atoms.